The van der Waals surface area contributed by atoms with E-state index in [1.165, 1.54) is 12.1 Å². The summed E-state index contributed by atoms with van der Waals surface area (Å²) in [6, 6.07) is 4.39. The fourth-order valence-corrected chi connectivity index (χ4v) is 2.52. The van der Waals surface area contributed by atoms with E-state index in [2.05, 4.69) is 14.8 Å². The Morgan fingerprint density at radius 2 is 1.95 bits per heavy atom. The first-order chi connectivity index (χ1) is 9.74. The fraction of sp³-hybridized carbons (Fsp3) is 0.500. The van der Waals surface area contributed by atoms with Crippen LogP contribution in [0, 0.1) is 5.82 Å². The van der Waals surface area contributed by atoms with E-state index < -0.39 is 0 Å². The van der Waals surface area contributed by atoms with Gasteiger partial charge in [0.2, 0.25) is 5.89 Å². The lowest BCUT2D eigenvalue weighted by molar-refractivity contribution is 0.103. The lowest BCUT2D eigenvalue weighted by atomic mass is 10.3. The summed E-state index contributed by atoms with van der Waals surface area (Å²) >= 11 is 0. The number of β-amino-alcohol motifs (C(OH)–C–C–N with tert-alkyl or cyclic N) is 1. The van der Waals surface area contributed by atoms with Crippen molar-refractivity contribution in [2.75, 3.05) is 39.3 Å². The molecule has 0 unspecified atom stereocenters. The molecule has 0 atom stereocenters. The molecule has 2 aromatic rings. The quantitative estimate of drug-likeness (QED) is 0.907. The maximum Gasteiger partial charge on any atom is 0.209 e. The summed E-state index contributed by atoms with van der Waals surface area (Å²) in [5, 5.41) is 8.91. The van der Waals surface area contributed by atoms with Crippen LogP contribution in [0.5, 0.6) is 0 Å². The Bertz CT molecular complexity index is 579. The zero-order valence-electron chi connectivity index (χ0n) is 11.3. The van der Waals surface area contributed by atoms with Crippen molar-refractivity contribution < 1.29 is 13.9 Å². The molecule has 0 spiro atoms. The van der Waals surface area contributed by atoms with Gasteiger partial charge >= 0.3 is 0 Å². The molecular formula is C14H18FN3O2. The van der Waals surface area contributed by atoms with E-state index in [9.17, 15) is 4.39 Å². The lowest BCUT2D eigenvalue weighted by Crippen LogP contribution is -2.46. The number of piperazine rings is 1. The minimum atomic E-state index is -0.308. The number of aromatic nitrogens is 1. The van der Waals surface area contributed by atoms with Crippen molar-refractivity contribution >= 4 is 11.1 Å². The van der Waals surface area contributed by atoms with Gasteiger partial charge in [0.05, 0.1) is 13.2 Å². The highest BCUT2D eigenvalue weighted by molar-refractivity contribution is 5.72. The van der Waals surface area contributed by atoms with Crippen molar-refractivity contribution in [3.8, 4) is 0 Å². The zero-order valence-corrected chi connectivity index (χ0v) is 11.3. The number of aliphatic hydroxyl groups excluding tert-OH is 1. The molecule has 0 saturated carbocycles. The van der Waals surface area contributed by atoms with Gasteiger partial charge in [-0.05, 0) is 12.1 Å². The average Bonchev–Trinajstić information content (AvgIpc) is 2.82. The number of fused-ring (bicyclic) bond motifs is 1. The second kappa shape index (κ2) is 5.87. The van der Waals surface area contributed by atoms with E-state index in [1.54, 1.807) is 6.07 Å². The third-order valence-corrected chi connectivity index (χ3v) is 3.63. The monoisotopic (exact) mass is 279 g/mol. The van der Waals surface area contributed by atoms with Crippen LogP contribution in [0.25, 0.3) is 11.1 Å². The van der Waals surface area contributed by atoms with Gasteiger partial charge in [0, 0.05) is 38.8 Å². The molecule has 1 aliphatic heterocycles. The number of nitrogens with zero attached hydrogens (tertiary/aromatic N) is 3. The largest absolute Gasteiger partial charge is 0.439 e. The van der Waals surface area contributed by atoms with Crippen LogP contribution in [0.3, 0.4) is 0 Å². The van der Waals surface area contributed by atoms with Crippen molar-refractivity contribution in [1.29, 1.82) is 0 Å². The predicted octanol–water partition coefficient (Wildman–Crippen LogP) is 1.08. The fourth-order valence-electron chi connectivity index (χ4n) is 2.52. The Morgan fingerprint density at radius 3 is 2.70 bits per heavy atom. The Labute approximate surface area is 116 Å². The summed E-state index contributed by atoms with van der Waals surface area (Å²) in [6.07, 6.45) is 0. The molecule has 108 valence electrons. The third-order valence-electron chi connectivity index (χ3n) is 3.63. The van der Waals surface area contributed by atoms with Crippen LogP contribution in [-0.2, 0) is 6.54 Å². The van der Waals surface area contributed by atoms with Gasteiger partial charge in [-0.1, -0.05) is 0 Å². The van der Waals surface area contributed by atoms with E-state index in [0.29, 0.717) is 23.5 Å². The summed E-state index contributed by atoms with van der Waals surface area (Å²) in [5.41, 5.74) is 1.19. The number of hydrogen-bond donors (Lipinski definition) is 1. The zero-order chi connectivity index (χ0) is 13.9. The Hall–Kier alpha value is -1.50. The Morgan fingerprint density at radius 1 is 1.20 bits per heavy atom. The van der Waals surface area contributed by atoms with Crippen molar-refractivity contribution in [3.05, 3.63) is 29.9 Å². The van der Waals surface area contributed by atoms with Crippen LogP contribution in [0.2, 0.25) is 0 Å². The van der Waals surface area contributed by atoms with E-state index in [1.807, 2.05) is 0 Å². The number of benzene rings is 1. The number of aliphatic hydroxyl groups is 1. The molecule has 6 heteroatoms. The van der Waals surface area contributed by atoms with Crippen LogP contribution in [0.4, 0.5) is 4.39 Å². The first-order valence-electron chi connectivity index (χ1n) is 6.85. The summed E-state index contributed by atoms with van der Waals surface area (Å²) in [6.45, 7) is 5.31. The summed E-state index contributed by atoms with van der Waals surface area (Å²) in [7, 11) is 0. The molecule has 1 saturated heterocycles. The first kappa shape index (κ1) is 13.5. The van der Waals surface area contributed by atoms with Crippen molar-refractivity contribution in [2.45, 2.75) is 6.54 Å². The normalized spacial score (nSPS) is 17.9. The molecule has 20 heavy (non-hydrogen) atoms. The summed E-state index contributed by atoms with van der Waals surface area (Å²) < 4.78 is 18.7. The highest BCUT2D eigenvalue weighted by Crippen LogP contribution is 2.18. The lowest BCUT2D eigenvalue weighted by Gasteiger charge is -2.33. The smallest absolute Gasteiger partial charge is 0.209 e. The molecule has 0 bridgehead atoms. The van der Waals surface area contributed by atoms with Gasteiger partial charge < -0.3 is 9.52 Å². The molecule has 1 fully saturated rings. The van der Waals surface area contributed by atoms with Gasteiger partial charge in [-0.15, -0.1) is 0 Å². The molecule has 1 aliphatic rings. The Balaban J connectivity index is 1.62. The SMILES string of the molecule is OCCN1CCN(Cc2nc3ccc(F)cc3o2)CC1. The Kier molecular flexibility index (Phi) is 3.95. The molecule has 1 N–H and O–H groups in total. The first-order valence-corrected chi connectivity index (χ1v) is 6.85. The van der Waals surface area contributed by atoms with Crippen molar-refractivity contribution in [1.82, 2.24) is 14.8 Å². The molecule has 0 amide bonds. The second-order valence-electron chi connectivity index (χ2n) is 5.06. The highest BCUT2D eigenvalue weighted by atomic mass is 19.1. The number of halogens is 1. The molecule has 2 heterocycles. The third kappa shape index (κ3) is 2.98. The summed E-state index contributed by atoms with van der Waals surface area (Å²) in [5.74, 6) is 0.319. The van der Waals surface area contributed by atoms with Crippen LogP contribution < -0.4 is 0 Å². The molecular weight excluding hydrogens is 261 g/mol. The number of oxazole rings is 1. The average molecular weight is 279 g/mol. The topological polar surface area (TPSA) is 52.7 Å². The van der Waals surface area contributed by atoms with Gasteiger partial charge in [0.15, 0.2) is 5.58 Å². The van der Waals surface area contributed by atoms with Crippen molar-refractivity contribution in [2.24, 2.45) is 0 Å². The number of rotatable bonds is 4. The van der Waals surface area contributed by atoms with E-state index >= 15 is 0 Å². The number of hydrogen-bond acceptors (Lipinski definition) is 5. The van der Waals surface area contributed by atoms with E-state index in [0.717, 1.165) is 32.7 Å². The van der Waals surface area contributed by atoms with E-state index in [4.69, 9.17) is 9.52 Å². The minimum absolute atomic E-state index is 0.205. The molecule has 1 aromatic heterocycles. The van der Waals surface area contributed by atoms with Crippen LogP contribution in [-0.4, -0.2) is 59.2 Å². The van der Waals surface area contributed by atoms with Crippen LogP contribution in [0.15, 0.2) is 22.6 Å². The molecule has 1 aromatic carbocycles. The second-order valence-corrected chi connectivity index (χ2v) is 5.06. The molecule has 5 nitrogen and oxygen atoms in total. The standard InChI is InChI=1S/C14H18FN3O2/c15-11-1-2-12-13(9-11)20-14(16-12)10-18-5-3-17(4-6-18)7-8-19/h1-2,9,19H,3-8,10H2. The van der Waals surface area contributed by atoms with Gasteiger partial charge in [-0.3, -0.25) is 9.80 Å². The maximum absolute atomic E-state index is 13.1. The molecule has 3 rings (SSSR count). The minimum Gasteiger partial charge on any atom is -0.439 e. The van der Waals surface area contributed by atoms with Gasteiger partial charge in [0.25, 0.3) is 0 Å². The van der Waals surface area contributed by atoms with Gasteiger partial charge in [0.1, 0.15) is 11.3 Å². The molecule has 0 radical (unpaired) electrons. The van der Waals surface area contributed by atoms with Crippen LogP contribution >= 0.6 is 0 Å². The van der Waals surface area contributed by atoms with Gasteiger partial charge in [-0.2, -0.15) is 0 Å². The maximum atomic E-state index is 13.1. The van der Waals surface area contributed by atoms with Crippen LogP contribution in [0.1, 0.15) is 5.89 Å². The predicted molar refractivity (Wildman–Crippen MR) is 72.8 cm³/mol. The highest BCUT2D eigenvalue weighted by Gasteiger charge is 2.18. The van der Waals surface area contributed by atoms with E-state index in [-0.39, 0.29) is 12.4 Å². The van der Waals surface area contributed by atoms with Crippen molar-refractivity contribution in [3.63, 3.8) is 0 Å². The molecule has 0 aliphatic carbocycles. The van der Waals surface area contributed by atoms with Gasteiger partial charge in [-0.25, -0.2) is 9.37 Å². The summed E-state index contributed by atoms with van der Waals surface area (Å²) in [4.78, 5) is 8.87.